The molecule has 23 heavy (non-hydrogen) atoms. The van der Waals surface area contributed by atoms with Crippen molar-refractivity contribution in [2.24, 2.45) is 5.92 Å². The van der Waals surface area contributed by atoms with Gasteiger partial charge < -0.3 is 4.90 Å². The summed E-state index contributed by atoms with van der Waals surface area (Å²) < 4.78 is 1.05. The van der Waals surface area contributed by atoms with E-state index in [-0.39, 0.29) is 5.91 Å². The molecule has 1 aliphatic heterocycles. The molecule has 1 saturated heterocycles. The van der Waals surface area contributed by atoms with E-state index in [1.54, 1.807) is 0 Å². The van der Waals surface area contributed by atoms with Gasteiger partial charge in [0.05, 0.1) is 10.4 Å². The van der Waals surface area contributed by atoms with Crippen molar-refractivity contribution in [1.29, 1.82) is 0 Å². The Bertz CT molecular complexity index is 897. The molecule has 0 N–H and O–H groups in total. The smallest absolute Gasteiger partial charge is 0.263 e. The number of pyridine rings is 1. The fourth-order valence-electron chi connectivity index (χ4n) is 3.15. The van der Waals surface area contributed by atoms with Crippen LogP contribution in [0, 0.1) is 5.92 Å². The van der Waals surface area contributed by atoms with Gasteiger partial charge in [-0.1, -0.05) is 36.7 Å². The zero-order chi connectivity index (χ0) is 16.0. The number of amides is 1. The summed E-state index contributed by atoms with van der Waals surface area (Å²) in [6.07, 6.45) is 2.17. The Kier molecular flexibility index (Phi) is 3.74. The number of hydrogen-bond donors (Lipinski definition) is 0. The molecule has 5 heteroatoms. The predicted molar refractivity (Wildman–Crippen MR) is 96.4 cm³/mol. The molecule has 1 fully saturated rings. The molecule has 3 nitrogen and oxygen atoms in total. The molecule has 0 atom stereocenters. The van der Waals surface area contributed by atoms with Gasteiger partial charge in [0.1, 0.15) is 5.15 Å². The normalized spacial score (nSPS) is 16.3. The topological polar surface area (TPSA) is 33.2 Å². The van der Waals surface area contributed by atoms with Crippen molar-refractivity contribution < 1.29 is 4.79 Å². The van der Waals surface area contributed by atoms with Crippen molar-refractivity contribution in [1.82, 2.24) is 9.88 Å². The van der Waals surface area contributed by atoms with Gasteiger partial charge in [0.15, 0.2) is 0 Å². The Hall–Kier alpha value is -1.65. The molecule has 0 radical (unpaired) electrons. The van der Waals surface area contributed by atoms with Crippen LogP contribution in [0.15, 0.2) is 30.3 Å². The maximum absolute atomic E-state index is 12.8. The van der Waals surface area contributed by atoms with Crippen LogP contribution in [0.3, 0.4) is 0 Å². The third kappa shape index (κ3) is 2.60. The fraction of sp³-hybridized carbons (Fsp3) is 0.333. The molecule has 0 aliphatic carbocycles. The minimum absolute atomic E-state index is 0.123. The molecule has 1 amide bonds. The lowest BCUT2D eigenvalue weighted by molar-refractivity contribution is 0.0702. The van der Waals surface area contributed by atoms with Crippen LogP contribution in [0.5, 0.6) is 0 Å². The van der Waals surface area contributed by atoms with Crippen LogP contribution < -0.4 is 0 Å². The minimum Gasteiger partial charge on any atom is -0.338 e. The summed E-state index contributed by atoms with van der Waals surface area (Å²) in [6, 6.07) is 9.83. The van der Waals surface area contributed by atoms with Crippen LogP contribution in [0.2, 0.25) is 5.15 Å². The number of thiophene rings is 1. The van der Waals surface area contributed by atoms with E-state index in [0.717, 1.165) is 51.8 Å². The Morgan fingerprint density at radius 1 is 1.26 bits per heavy atom. The lowest BCUT2D eigenvalue weighted by Crippen LogP contribution is -2.37. The monoisotopic (exact) mass is 344 g/mol. The van der Waals surface area contributed by atoms with E-state index in [4.69, 9.17) is 11.6 Å². The number of fused-ring (bicyclic) bond motifs is 3. The molecular formula is C18H17ClN2OS. The summed E-state index contributed by atoms with van der Waals surface area (Å²) in [7, 11) is 0. The van der Waals surface area contributed by atoms with E-state index in [2.05, 4.69) is 11.9 Å². The average Bonchev–Trinajstić information content (AvgIpc) is 3.01. The first-order chi connectivity index (χ1) is 11.1. The van der Waals surface area contributed by atoms with Gasteiger partial charge >= 0.3 is 0 Å². The van der Waals surface area contributed by atoms with E-state index in [1.807, 2.05) is 35.2 Å². The molecule has 0 bridgehead atoms. The van der Waals surface area contributed by atoms with Gasteiger partial charge in [0.2, 0.25) is 0 Å². The summed E-state index contributed by atoms with van der Waals surface area (Å²) in [4.78, 5) is 20.0. The number of nitrogens with zero attached hydrogens (tertiary/aromatic N) is 2. The minimum atomic E-state index is 0.123. The molecular weight excluding hydrogens is 328 g/mol. The molecule has 1 aromatic carbocycles. The number of hydrogen-bond acceptors (Lipinski definition) is 3. The summed E-state index contributed by atoms with van der Waals surface area (Å²) >= 11 is 7.86. The number of carbonyl (C=O) groups excluding carboxylic acids is 1. The number of aromatic nitrogens is 1. The van der Waals surface area contributed by atoms with Crippen molar-refractivity contribution in [3.05, 3.63) is 40.4 Å². The first kappa shape index (κ1) is 14.9. The Morgan fingerprint density at radius 2 is 2.00 bits per heavy atom. The van der Waals surface area contributed by atoms with Gasteiger partial charge in [-0.15, -0.1) is 11.3 Å². The molecule has 118 valence electrons. The average molecular weight is 345 g/mol. The highest BCUT2D eigenvalue weighted by atomic mass is 35.5. The van der Waals surface area contributed by atoms with Gasteiger partial charge in [-0.25, -0.2) is 4.98 Å². The molecule has 2 aromatic heterocycles. The Labute approximate surface area is 143 Å². The second-order valence-corrected chi connectivity index (χ2v) is 7.66. The number of piperidine rings is 1. The second-order valence-electron chi connectivity index (χ2n) is 6.25. The number of para-hydroxylation sites is 1. The first-order valence-corrected chi connectivity index (χ1v) is 9.10. The summed E-state index contributed by atoms with van der Waals surface area (Å²) in [6.45, 7) is 3.95. The van der Waals surface area contributed by atoms with E-state index in [9.17, 15) is 4.79 Å². The number of rotatable bonds is 1. The largest absolute Gasteiger partial charge is 0.338 e. The van der Waals surface area contributed by atoms with Gasteiger partial charge in [-0.05, 0) is 30.9 Å². The number of likely N-dealkylation sites (tertiary alicyclic amines) is 1. The third-order valence-electron chi connectivity index (χ3n) is 4.60. The fourth-order valence-corrected chi connectivity index (χ4v) is 4.60. The van der Waals surface area contributed by atoms with Crippen LogP contribution in [0.4, 0.5) is 0 Å². The quantitative estimate of drug-likeness (QED) is 0.583. The zero-order valence-electron chi connectivity index (χ0n) is 12.9. The van der Waals surface area contributed by atoms with Gasteiger partial charge in [-0.2, -0.15) is 0 Å². The molecule has 0 spiro atoms. The van der Waals surface area contributed by atoms with E-state index < -0.39 is 0 Å². The number of carbonyl (C=O) groups is 1. The molecule has 1 aliphatic rings. The Balaban J connectivity index is 1.78. The molecule has 0 saturated carbocycles. The summed E-state index contributed by atoms with van der Waals surface area (Å²) in [5, 5.41) is 2.41. The molecule has 3 heterocycles. The van der Waals surface area contributed by atoms with Gasteiger partial charge in [-0.3, -0.25) is 4.79 Å². The highest BCUT2D eigenvalue weighted by Crippen LogP contribution is 2.36. The third-order valence-corrected chi connectivity index (χ3v) is 6.05. The standard InChI is InChI=1S/C18H17ClN2OS/c1-11-6-8-21(9-7-11)18(22)15-10-13-16(23-15)12-4-2-3-5-14(12)20-17(13)19/h2-5,10-11H,6-9H2,1H3. The van der Waals surface area contributed by atoms with E-state index >= 15 is 0 Å². The lowest BCUT2D eigenvalue weighted by atomic mass is 9.99. The maximum Gasteiger partial charge on any atom is 0.263 e. The van der Waals surface area contributed by atoms with Gasteiger partial charge in [0.25, 0.3) is 5.91 Å². The zero-order valence-corrected chi connectivity index (χ0v) is 14.5. The van der Waals surface area contributed by atoms with Crippen molar-refractivity contribution in [2.75, 3.05) is 13.1 Å². The highest BCUT2D eigenvalue weighted by Gasteiger charge is 2.23. The van der Waals surface area contributed by atoms with E-state index in [0.29, 0.717) is 11.1 Å². The first-order valence-electron chi connectivity index (χ1n) is 7.90. The van der Waals surface area contributed by atoms with Crippen molar-refractivity contribution in [3.63, 3.8) is 0 Å². The highest BCUT2D eigenvalue weighted by molar-refractivity contribution is 7.21. The van der Waals surface area contributed by atoms with E-state index in [1.165, 1.54) is 11.3 Å². The molecule has 3 aromatic rings. The summed E-state index contributed by atoms with van der Waals surface area (Å²) in [5.74, 6) is 0.835. The van der Waals surface area contributed by atoms with Crippen LogP contribution >= 0.6 is 22.9 Å². The molecule has 4 rings (SSSR count). The molecule has 0 unspecified atom stereocenters. The lowest BCUT2D eigenvalue weighted by Gasteiger charge is -2.29. The Morgan fingerprint density at radius 3 is 2.78 bits per heavy atom. The van der Waals surface area contributed by atoms with Gasteiger partial charge in [0, 0.05) is 28.6 Å². The maximum atomic E-state index is 12.8. The summed E-state index contributed by atoms with van der Waals surface area (Å²) in [5.41, 5.74) is 0.873. The number of benzene rings is 1. The SMILES string of the molecule is CC1CCN(C(=O)c2cc3c(Cl)nc4ccccc4c3s2)CC1. The predicted octanol–water partition coefficient (Wildman–Crippen LogP) is 4.98. The number of halogens is 1. The van der Waals surface area contributed by atoms with Crippen molar-refractivity contribution in [3.8, 4) is 0 Å². The van der Waals surface area contributed by atoms with Crippen LogP contribution in [-0.4, -0.2) is 28.9 Å². The van der Waals surface area contributed by atoms with Crippen LogP contribution in [0.25, 0.3) is 21.0 Å². The van der Waals surface area contributed by atoms with Crippen LogP contribution in [-0.2, 0) is 0 Å². The van der Waals surface area contributed by atoms with Crippen molar-refractivity contribution in [2.45, 2.75) is 19.8 Å². The van der Waals surface area contributed by atoms with Crippen molar-refractivity contribution >= 4 is 49.8 Å². The van der Waals surface area contributed by atoms with Crippen LogP contribution in [0.1, 0.15) is 29.4 Å². The second kappa shape index (κ2) is 5.77.